The van der Waals surface area contributed by atoms with Gasteiger partial charge in [0.2, 0.25) is 0 Å². The lowest BCUT2D eigenvalue weighted by molar-refractivity contribution is 0.0106. The van der Waals surface area contributed by atoms with E-state index in [2.05, 4.69) is 59.9 Å². The normalized spacial score (nSPS) is 17.7. The molecule has 1 aliphatic rings. The molecule has 2 atom stereocenters. The summed E-state index contributed by atoms with van der Waals surface area (Å²) in [5.41, 5.74) is 3.25. The van der Waals surface area contributed by atoms with E-state index < -0.39 is 0 Å². The molecular formula is C32H33NO3. The van der Waals surface area contributed by atoms with Gasteiger partial charge < -0.3 is 14.8 Å². The third-order valence-corrected chi connectivity index (χ3v) is 6.93. The largest absolute Gasteiger partial charge is 0.494 e. The van der Waals surface area contributed by atoms with E-state index in [-0.39, 0.29) is 11.9 Å². The van der Waals surface area contributed by atoms with Crippen LogP contribution in [0, 0.1) is 0 Å². The second-order valence-corrected chi connectivity index (χ2v) is 9.44. The molecule has 0 radical (unpaired) electrons. The van der Waals surface area contributed by atoms with Crippen molar-refractivity contribution in [3.05, 3.63) is 114 Å². The molecule has 1 heterocycles. The Kier molecular flexibility index (Phi) is 8.06. The second kappa shape index (κ2) is 12.0. The smallest absolute Gasteiger partial charge is 0.163 e. The zero-order chi connectivity index (χ0) is 24.6. The van der Waals surface area contributed by atoms with Gasteiger partial charge in [0, 0.05) is 24.4 Å². The minimum atomic E-state index is 0.126. The molecule has 4 aromatic carbocycles. The number of fused-ring (bicyclic) bond motifs is 1. The molecule has 0 bridgehead atoms. The zero-order valence-electron chi connectivity index (χ0n) is 20.6. The molecule has 0 aliphatic carbocycles. The molecule has 1 saturated heterocycles. The van der Waals surface area contributed by atoms with E-state index in [9.17, 15) is 4.79 Å². The van der Waals surface area contributed by atoms with Crippen molar-refractivity contribution in [1.82, 2.24) is 5.32 Å². The summed E-state index contributed by atoms with van der Waals surface area (Å²) in [6, 6.07) is 32.8. The van der Waals surface area contributed by atoms with Gasteiger partial charge in [-0.25, -0.2) is 0 Å². The topological polar surface area (TPSA) is 47.6 Å². The number of ether oxygens (including phenoxy) is 2. The molecule has 0 amide bonds. The molecule has 0 aromatic heterocycles. The Bertz CT molecular complexity index is 1270. The fraction of sp³-hybridized carbons (Fsp3) is 0.281. The molecule has 4 nitrogen and oxygen atoms in total. The molecular weight excluding hydrogens is 446 g/mol. The number of carbonyl (C=O) groups excluding carboxylic acids is 1. The molecule has 1 N–H and O–H groups in total. The van der Waals surface area contributed by atoms with Crippen molar-refractivity contribution in [2.75, 3.05) is 19.7 Å². The van der Waals surface area contributed by atoms with E-state index in [1.807, 2.05) is 42.5 Å². The van der Waals surface area contributed by atoms with Gasteiger partial charge in [0.25, 0.3) is 0 Å². The summed E-state index contributed by atoms with van der Waals surface area (Å²) in [7, 11) is 0. The molecule has 4 aromatic rings. The van der Waals surface area contributed by atoms with Crippen LogP contribution in [0.15, 0.2) is 97.1 Å². The summed E-state index contributed by atoms with van der Waals surface area (Å²) >= 11 is 0. The van der Waals surface area contributed by atoms with E-state index >= 15 is 0 Å². The maximum Gasteiger partial charge on any atom is 0.163 e. The van der Waals surface area contributed by atoms with Crippen LogP contribution in [-0.4, -0.2) is 31.6 Å². The van der Waals surface area contributed by atoms with Crippen molar-refractivity contribution in [3.8, 4) is 5.75 Å². The predicted molar refractivity (Wildman–Crippen MR) is 145 cm³/mol. The van der Waals surface area contributed by atoms with Crippen LogP contribution in [0.1, 0.15) is 46.7 Å². The first-order valence-corrected chi connectivity index (χ1v) is 12.9. The van der Waals surface area contributed by atoms with Gasteiger partial charge in [-0.3, -0.25) is 4.79 Å². The van der Waals surface area contributed by atoms with Crippen LogP contribution in [0.5, 0.6) is 5.75 Å². The van der Waals surface area contributed by atoms with Gasteiger partial charge in [0.1, 0.15) is 5.75 Å². The number of benzene rings is 4. The van der Waals surface area contributed by atoms with Crippen LogP contribution < -0.4 is 10.1 Å². The standard InChI is InChI=1S/C32H33NO3/c34-31(27-8-2-1-3-9-27)11-6-20-35-29-16-14-26(15-17-29)30-18-19-33-22-32(30)36-23-24-12-13-25-7-4-5-10-28(25)21-24/h1-5,7-10,12-17,21,30,32-33H,6,11,18-20,22-23H2/t30-,32+/m1/s1. The predicted octanol–water partition coefficient (Wildman–Crippen LogP) is 6.54. The molecule has 1 aliphatic heterocycles. The van der Waals surface area contributed by atoms with Gasteiger partial charge in [0.05, 0.1) is 19.3 Å². The van der Waals surface area contributed by atoms with Crippen LogP contribution in [0.4, 0.5) is 0 Å². The highest BCUT2D eigenvalue weighted by atomic mass is 16.5. The summed E-state index contributed by atoms with van der Waals surface area (Å²) in [6.45, 7) is 2.99. The van der Waals surface area contributed by atoms with E-state index in [1.165, 1.54) is 21.9 Å². The van der Waals surface area contributed by atoms with E-state index in [0.29, 0.717) is 32.0 Å². The zero-order valence-corrected chi connectivity index (χ0v) is 20.6. The molecule has 5 rings (SSSR count). The number of Topliss-reactive ketones (excluding diaryl/α,β-unsaturated/α-hetero) is 1. The molecule has 0 saturated carbocycles. The van der Waals surface area contributed by atoms with Gasteiger partial charge in [-0.15, -0.1) is 0 Å². The fourth-order valence-electron chi connectivity index (χ4n) is 4.92. The lowest BCUT2D eigenvalue weighted by Crippen LogP contribution is -2.40. The first-order valence-electron chi connectivity index (χ1n) is 12.9. The van der Waals surface area contributed by atoms with Gasteiger partial charge in [-0.1, -0.05) is 78.9 Å². The highest BCUT2D eigenvalue weighted by Gasteiger charge is 2.27. The van der Waals surface area contributed by atoms with Gasteiger partial charge >= 0.3 is 0 Å². The highest BCUT2D eigenvalue weighted by molar-refractivity contribution is 5.95. The average Bonchev–Trinajstić information content (AvgIpc) is 2.95. The quantitative estimate of drug-likeness (QED) is 0.207. The lowest BCUT2D eigenvalue weighted by Gasteiger charge is -2.32. The highest BCUT2D eigenvalue weighted by Crippen LogP contribution is 2.30. The Hall–Kier alpha value is -3.47. The monoisotopic (exact) mass is 479 g/mol. The van der Waals surface area contributed by atoms with Crippen molar-refractivity contribution in [2.45, 2.75) is 37.9 Å². The van der Waals surface area contributed by atoms with Gasteiger partial charge in [0.15, 0.2) is 5.78 Å². The first kappa shape index (κ1) is 24.2. The number of piperidine rings is 1. The van der Waals surface area contributed by atoms with E-state index in [4.69, 9.17) is 9.47 Å². The Morgan fingerprint density at radius 1 is 0.861 bits per heavy atom. The average molecular weight is 480 g/mol. The second-order valence-electron chi connectivity index (χ2n) is 9.44. The molecule has 1 fully saturated rings. The Balaban J connectivity index is 1.13. The lowest BCUT2D eigenvalue weighted by atomic mass is 9.87. The van der Waals surface area contributed by atoms with Crippen molar-refractivity contribution in [1.29, 1.82) is 0 Å². The van der Waals surface area contributed by atoms with Crippen molar-refractivity contribution < 1.29 is 14.3 Å². The van der Waals surface area contributed by atoms with Crippen molar-refractivity contribution >= 4 is 16.6 Å². The summed E-state index contributed by atoms with van der Waals surface area (Å²) < 4.78 is 12.3. The molecule has 0 spiro atoms. The minimum absolute atomic E-state index is 0.126. The van der Waals surface area contributed by atoms with Crippen LogP contribution in [-0.2, 0) is 11.3 Å². The summed E-state index contributed by atoms with van der Waals surface area (Å²) in [4.78, 5) is 12.2. The maximum atomic E-state index is 12.2. The summed E-state index contributed by atoms with van der Waals surface area (Å²) in [6.07, 6.45) is 2.37. The summed E-state index contributed by atoms with van der Waals surface area (Å²) in [5.74, 6) is 1.35. The van der Waals surface area contributed by atoms with E-state index in [1.54, 1.807) is 0 Å². The Morgan fingerprint density at radius 2 is 1.64 bits per heavy atom. The number of ketones is 1. The molecule has 36 heavy (non-hydrogen) atoms. The number of carbonyl (C=O) groups is 1. The van der Waals surface area contributed by atoms with Crippen molar-refractivity contribution in [3.63, 3.8) is 0 Å². The third-order valence-electron chi connectivity index (χ3n) is 6.93. The molecule has 0 unspecified atom stereocenters. The Labute approximate surface area is 213 Å². The van der Waals surface area contributed by atoms with Crippen molar-refractivity contribution in [2.24, 2.45) is 0 Å². The number of rotatable bonds is 10. The Morgan fingerprint density at radius 3 is 2.47 bits per heavy atom. The fourth-order valence-corrected chi connectivity index (χ4v) is 4.92. The van der Waals surface area contributed by atoms with Crippen LogP contribution in [0.3, 0.4) is 0 Å². The minimum Gasteiger partial charge on any atom is -0.494 e. The molecule has 184 valence electrons. The van der Waals surface area contributed by atoms with Crippen LogP contribution >= 0.6 is 0 Å². The van der Waals surface area contributed by atoms with Gasteiger partial charge in [-0.05, 0) is 59.5 Å². The molecule has 4 heteroatoms. The third kappa shape index (κ3) is 6.20. The maximum absolute atomic E-state index is 12.2. The SMILES string of the molecule is O=C(CCCOc1ccc([C@H]2CCNC[C@@H]2OCc2ccc3ccccc3c2)cc1)c1ccccc1. The number of nitrogens with one attached hydrogen (secondary N) is 1. The summed E-state index contributed by atoms with van der Waals surface area (Å²) in [5, 5.41) is 5.99. The number of hydrogen-bond donors (Lipinski definition) is 1. The van der Waals surface area contributed by atoms with Crippen LogP contribution in [0.2, 0.25) is 0 Å². The van der Waals surface area contributed by atoms with Crippen LogP contribution in [0.25, 0.3) is 10.8 Å². The van der Waals surface area contributed by atoms with E-state index in [0.717, 1.165) is 30.8 Å². The first-order chi connectivity index (χ1) is 17.8. The number of hydrogen-bond acceptors (Lipinski definition) is 4. The van der Waals surface area contributed by atoms with Gasteiger partial charge in [-0.2, -0.15) is 0 Å².